The zero-order valence-electron chi connectivity index (χ0n) is 16.5. The zero-order valence-corrected chi connectivity index (χ0v) is 16.5. The molecule has 0 amide bonds. The quantitative estimate of drug-likeness (QED) is 0.359. The van der Waals surface area contributed by atoms with E-state index in [1.165, 1.54) is 22.0 Å². The van der Waals surface area contributed by atoms with Crippen molar-refractivity contribution >= 4 is 16.9 Å². The molecule has 6 heteroatoms. The van der Waals surface area contributed by atoms with Crippen molar-refractivity contribution in [2.24, 2.45) is 10.9 Å². The molecule has 2 aromatic rings. The number of hydrogen-bond donors (Lipinski definition) is 3. The summed E-state index contributed by atoms with van der Waals surface area (Å²) >= 11 is 0. The number of rotatable bonds is 9. The summed E-state index contributed by atoms with van der Waals surface area (Å²) in [5.74, 6) is 1.43. The number of guanidine groups is 1. The third-order valence-corrected chi connectivity index (χ3v) is 5.06. The van der Waals surface area contributed by atoms with Gasteiger partial charge >= 0.3 is 0 Å². The molecule has 0 aliphatic carbocycles. The van der Waals surface area contributed by atoms with Crippen LogP contribution < -0.4 is 10.6 Å². The number of para-hydroxylation sites is 1. The minimum absolute atomic E-state index is 0.584. The zero-order chi connectivity index (χ0) is 18.9. The summed E-state index contributed by atoms with van der Waals surface area (Å²) in [5.41, 5.74) is 3.85. The van der Waals surface area contributed by atoms with E-state index >= 15 is 0 Å². The minimum atomic E-state index is 0.584. The topological polar surface area (TPSA) is 70.7 Å². The minimum Gasteiger partial charge on any atom is -0.381 e. The highest BCUT2D eigenvalue weighted by molar-refractivity contribution is 5.86. The van der Waals surface area contributed by atoms with E-state index in [9.17, 15) is 0 Å². The molecule has 0 saturated carbocycles. The Balaban J connectivity index is 1.31. The van der Waals surface area contributed by atoms with Crippen LogP contribution in [0.15, 0.2) is 29.4 Å². The van der Waals surface area contributed by atoms with Gasteiger partial charge < -0.3 is 25.1 Å². The van der Waals surface area contributed by atoms with Gasteiger partial charge in [0.05, 0.1) is 13.2 Å². The van der Waals surface area contributed by atoms with Gasteiger partial charge in [-0.25, -0.2) is 0 Å². The van der Waals surface area contributed by atoms with E-state index in [4.69, 9.17) is 9.47 Å². The van der Waals surface area contributed by atoms with E-state index < -0.39 is 0 Å². The summed E-state index contributed by atoms with van der Waals surface area (Å²) in [6, 6.07) is 6.43. The van der Waals surface area contributed by atoms with Gasteiger partial charge in [0.25, 0.3) is 0 Å². The molecule has 1 fully saturated rings. The predicted octanol–water partition coefficient (Wildman–Crippen LogP) is 2.63. The van der Waals surface area contributed by atoms with Crippen LogP contribution >= 0.6 is 0 Å². The third kappa shape index (κ3) is 5.71. The molecule has 0 radical (unpaired) electrons. The number of benzene rings is 1. The van der Waals surface area contributed by atoms with Gasteiger partial charge in [-0.2, -0.15) is 0 Å². The smallest absolute Gasteiger partial charge is 0.190 e. The Morgan fingerprint density at radius 1 is 1.33 bits per heavy atom. The Bertz CT molecular complexity index is 735. The predicted molar refractivity (Wildman–Crippen MR) is 110 cm³/mol. The van der Waals surface area contributed by atoms with Crippen LogP contribution in [-0.2, 0) is 15.9 Å². The normalized spacial score (nSPS) is 17.6. The van der Waals surface area contributed by atoms with Gasteiger partial charge in [0.2, 0.25) is 0 Å². The first-order valence-electron chi connectivity index (χ1n) is 9.93. The van der Waals surface area contributed by atoms with Crippen molar-refractivity contribution in [1.82, 2.24) is 15.6 Å². The lowest BCUT2D eigenvalue weighted by atomic mass is 10.1. The van der Waals surface area contributed by atoms with Gasteiger partial charge in [-0.05, 0) is 37.3 Å². The van der Waals surface area contributed by atoms with Crippen LogP contribution in [0.25, 0.3) is 10.9 Å². The van der Waals surface area contributed by atoms with Crippen LogP contribution in [0.3, 0.4) is 0 Å². The van der Waals surface area contributed by atoms with E-state index in [1.54, 1.807) is 7.05 Å². The Kier molecular flexibility index (Phi) is 7.54. The molecule has 1 aromatic carbocycles. The van der Waals surface area contributed by atoms with Crippen molar-refractivity contribution in [3.63, 3.8) is 0 Å². The van der Waals surface area contributed by atoms with Gasteiger partial charge in [-0.15, -0.1) is 0 Å². The molecule has 3 rings (SSSR count). The molecule has 2 heterocycles. The molecule has 27 heavy (non-hydrogen) atoms. The number of fused-ring (bicyclic) bond motifs is 1. The molecule has 148 valence electrons. The standard InChI is InChI=1S/C21H32N4O2/c1-16-5-3-6-19-18(13-25-20(16)19)7-10-24-21(22-2)23-9-4-11-26-14-17-8-12-27-15-17/h3,5-6,13,17,25H,4,7-12,14-15H2,1-2H3,(H2,22,23,24). The maximum atomic E-state index is 5.73. The number of aromatic nitrogens is 1. The SMILES string of the molecule is CN=C(NCCCOCC1CCOC1)NCCc1c[nH]c2c(C)cccc12. The van der Waals surface area contributed by atoms with Crippen LogP contribution in [0.1, 0.15) is 24.0 Å². The summed E-state index contributed by atoms with van der Waals surface area (Å²) in [5, 5.41) is 8.05. The highest BCUT2D eigenvalue weighted by Crippen LogP contribution is 2.21. The molecule has 1 unspecified atom stereocenters. The van der Waals surface area contributed by atoms with Crippen molar-refractivity contribution in [2.45, 2.75) is 26.2 Å². The lowest BCUT2D eigenvalue weighted by molar-refractivity contribution is 0.0888. The summed E-state index contributed by atoms with van der Waals surface area (Å²) in [6.07, 6.45) is 5.17. The number of aromatic amines is 1. The van der Waals surface area contributed by atoms with E-state index in [1.807, 2.05) is 0 Å². The average molecular weight is 373 g/mol. The molecule has 6 nitrogen and oxygen atoms in total. The van der Waals surface area contributed by atoms with Crippen molar-refractivity contribution in [1.29, 1.82) is 0 Å². The van der Waals surface area contributed by atoms with Gasteiger partial charge in [0.1, 0.15) is 0 Å². The molecule has 1 aliphatic heterocycles. The number of nitrogens with zero attached hydrogens (tertiary/aromatic N) is 1. The number of aliphatic imine (C=N–C) groups is 1. The fourth-order valence-corrected chi connectivity index (χ4v) is 3.45. The summed E-state index contributed by atoms with van der Waals surface area (Å²) < 4.78 is 11.1. The molecule has 1 aliphatic rings. The average Bonchev–Trinajstić information content (AvgIpc) is 3.34. The van der Waals surface area contributed by atoms with Crippen LogP contribution in [0.2, 0.25) is 0 Å². The van der Waals surface area contributed by atoms with E-state index in [0.29, 0.717) is 5.92 Å². The van der Waals surface area contributed by atoms with Crippen molar-refractivity contribution in [2.75, 3.05) is 46.6 Å². The third-order valence-electron chi connectivity index (χ3n) is 5.06. The van der Waals surface area contributed by atoms with Gasteiger partial charge in [-0.1, -0.05) is 18.2 Å². The number of hydrogen-bond acceptors (Lipinski definition) is 3. The highest BCUT2D eigenvalue weighted by atomic mass is 16.5. The monoisotopic (exact) mass is 372 g/mol. The van der Waals surface area contributed by atoms with Crippen LogP contribution in [0, 0.1) is 12.8 Å². The number of H-pyrrole nitrogens is 1. The first-order chi connectivity index (χ1) is 13.3. The molecule has 1 saturated heterocycles. The van der Waals surface area contributed by atoms with E-state index in [-0.39, 0.29) is 0 Å². The first kappa shape index (κ1) is 19.7. The highest BCUT2D eigenvalue weighted by Gasteiger charge is 2.15. The number of ether oxygens (including phenoxy) is 2. The lowest BCUT2D eigenvalue weighted by Crippen LogP contribution is -2.39. The Labute approximate surface area is 161 Å². The van der Waals surface area contributed by atoms with Crippen LogP contribution in [0.4, 0.5) is 0 Å². The molecular formula is C21H32N4O2. The second-order valence-electron chi connectivity index (χ2n) is 7.15. The second kappa shape index (κ2) is 10.3. The molecule has 0 spiro atoms. The Morgan fingerprint density at radius 3 is 3.04 bits per heavy atom. The van der Waals surface area contributed by atoms with Gasteiger partial charge in [0.15, 0.2) is 5.96 Å². The second-order valence-corrected chi connectivity index (χ2v) is 7.15. The lowest BCUT2D eigenvalue weighted by Gasteiger charge is -2.12. The molecule has 0 bridgehead atoms. The van der Waals surface area contributed by atoms with Crippen LogP contribution in [-0.4, -0.2) is 57.5 Å². The molecular weight excluding hydrogens is 340 g/mol. The van der Waals surface area contributed by atoms with E-state index in [0.717, 1.165) is 64.7 Å². The largest absolute Gasteiger partial charge is 0.381 e. The van der Waals surface area contributed by atoms with Gasteiger partial charge in [0, 0.05) is 56.4 Å². The summed E-state index contributed by atoms with van der Waals surface area (Å²) in [4.78, 5) is 7.68. The van der Waals surface area contributed by atoms with Gasteiger partial charge in [-0.3, -0.25) is 4.99 Å². The maximum Gasteiger partial charge on any atom is 0.190 e. The Hall–Kier alpha value is -2.05. The Morgan fingerprint density at radius 2 is 2.22 bits per heavy atom. The van der Waals surface area contributed by atoms with Crippen molar-refractivity contribution in [3.05, 3.63) is 35.5 Å². The molecule has 1 atom stereocenters. The first-order valence-corrected chi connectivity index (χ1v) is 9.93. The van der Waals surface area contributed by atoms with Crippen LogP contribution in [0.5, 0.6) is 0 Å². The fourth-order valence-electron chi connectivity index (χ4n) is 3.45. The van der Waals surface area contributed by atoms with E-state index in [2.05, 4.69) is 51.9 Å². The summed E-state index contributed by atoms with van der Waals surface area (Å²) in [7, 11) is 1.81. The maximum absolute atomic E-state index is 5.73. The molecule has 1 aromatic heterocycles. The molecule has 3 N–H and O–H groups in total. The van der Waals surface area contributed by atoms with Crippen molar-refractivity contribution < 1.29 is 9.47 Å². The fraction of sp³-hybridized carbons (Fsp3) is 0.571. The van der Waals surface area contributed by atoms with Crippen molar-refractivity contribution in [3.8, 4) is 0 Å². The number of aryl methyl sites for hydroxylation is 1. The summed E-state index contributed by atoms with van der Waals surface area (Å²) in [6.45, 7) is 7.16. The number of nitrogens with one attached hydrogen (secondary N) is 3.